The van der Waals surface area contributed by atoms with Crippen LogP contribution in [0.4, 0.5) is 5.13 Å². The number of thioether (sulfide) groups is 1. The van der Waals surface area contributed by atoms with Crippen LogP contribution < -0.4 is 5.32 Å². The molecular formula is C13H16N4OS2. The van der Waals surface area contributed by atoms with Gasteiger partial charge in [-0.2, -0.15) is 0 Å². The van der Waals surface area contributed by atoms with Crippen LogP contribution in [0.15, 0.2) is 34.7 Å². The Kier molecular flexibility index (Phi) is 4.97. The fourth-order valence-electron chi connectivity index (χ4n) is 1.58. The predicted octanol–water partition coefficient (Wildman–Crippen LogP) is 2.50. The van der Waals surface area contributed by atoms with Gasteiger partial charge in [0.2, 0.25) is 11.0 Å². The van der Waals surface area contributed by atoms with Crippen LogP contribution in [0.3, 0.4) is 0 Å². The van der Waals surface area contributed by atoms with Crippen molar-refractivity contribution >= 4 is 34.1 Å². The van der Waals surface area contributed by atoms with E-state index in [2.05, 4.69) is 15.5 Å². The molecule has 2 rings (SSSR count). The van der Waals surface area contributed by atoms with Gasteiger partial charge in [0, 0.05) is 21.1 Å². The number of rotatable bonds is 5. The van der Waals surface area contributed by atoms with Crippen molar-refractivity contribution in [1.29, 1.82) is 0 Å². The van der Waals surface area contributed by atoms with Crippen molar-refractivity contribution in [1.82, 2.24) is 15.1 Å². The van der Waals surface area contributed by atoms with Crippen molar-refractivity contribution in [3.63, 3.8) is 0 Å². The zero-order chi connectivity index (χ0) is 14.5. The molecule has 1 aromatic carbocycles. The summed E-state index contributed by atoms with van der Waals surface area (Å²) in [6.07, 6.45) is 0. The van der Waals surface area contributed by atoms with E-state index in [0.717, 1.165) is 15.0 Å². The summed E-state index contributed by atoms with van der Waals surface area (Å²) in [7, 11) is 5.32. The summed E-state index contributed by atoms with van der Waals surface area (Å²) < 4.78 is 0.776. The first-order chi connectivity index (χ1) is 9.61. The number of carbonyl (C=O) groups excluding carboxylic acids is 1. The minimum absolute atomic E-state index is 0.0439. The van der Waals surface area contributed by atoms with Crippen LogP contribution in [-0.4, -0.2) is 42.1 Å². The quantitative estimate of drug-likeness (QED) is 0.860. The molecule has 1 aromatic heterocycles. The highest BCUT2D eigenvalue weighted by atomic mass is 32.2. The summed E-state index contributed by atoms with van der Waals surface area (Å²) in [5, 5.41) is 11.5. The lowest BCUT2D eigenvalue weighted by atomic mass is 10.1. The Bertz CT molecular complexity index is 571. The zero-order valence-corrected chi connectivity index (χ0v) is 13.2. The van der Waals surface area contributed by atoms with Crippen LogP contribution in [0, 0.1) is 0 Å². The lowest BCUT2D eigenvalue weighted by Crippen LogP contribution is -2.26. The van der Waals surface area contributed by atoms with E-state index in [1.807, 2.05) is 30.3 Å². The van der Waals surface area contributed by atoms with Crippen molar-refractivity contribution in [2.75, 3.05) is 26.5 Å². The number of benzene rings is 1. The van der Waals surface area contributed by atoms with E-state index in [0.29, 0.717) is 0 Å². The number of nitrogens with zero attached hydrogens (tertiary/aromatic N) is 3. The average molecular weight is 308 g/mol. The summed E-state index contributed by atoms with van der Waals surface area (Å²) in [5.74, 6) is 0.0439. The Morgan fingerprint density at radius 2 is 2.00 bits per heavy atom. The molecule has 0 saturated carbocycles. The number of anilines is 1. The molecule has 0 fully saturated rings. The highest BCUT2D eigenvalue weighted by molar-refractivity contribution is 8.01. The molecule has 1 heterocycles. The third-order valence-corrected chi connectivity index (χ3v) is 4.87. The summed E-state index contributed by atoms with van der Waals surface area (Å²) in [6, 6.07) is 9.73. The minimum Gasteiger partial charge on any atom is -0.363 e. The molecule has 1 N–H and O–H groups in total. The van der Waals surface area contributed by atoms with Crippen molar-refractivity contribution in [3.05, 3.63) is 35.9 Å². The van der Waals surface area contributed by atoms with Gasteiger partial charge in [-0.15, -0.1) is 10.2 Å². The second-order valence-electron chi connectivity index (χ2n) is 4.26. The second-order valence-corrected chi connectivity index (χ2v) is 6.59. The molecule has 5 nitrogen and oxygen atoms in total. The SMILES string of the molecule is CNc1nnc(S[C@H](C(=O)N(C)C)c2ccccc2)s1. The highest BCUT2D eigenvalue weighted by Crippen LogP contribution is 2.38. The molecule has 0 saturated heterocycles. The monoisotopic (exact) mass is 308 g/mol. The molecule has 106 valence electrons. The van der Waals surface area contributed by atoms with Crippen LogP contribution >= 0.6 is 23.1 Å². The third kappa shape index (κ3) is 3.49. The van der Waals surface area contributed by atoms with E-state index < -0.39 is 0 Å². The van der Waals surface area contributed by atoms with Gasteiger partial charge in [0.1, 0.15) is 5.25 Å². The fraction of sp³-hybridized carbons (Fsp3) is 0.308. The van der Waals surface area contributed by atoms with E-state index in [1.54, 1.807) is 26.0 Å². The first-order valence-corrected chi connectivity index (χ1v) is 7.75. The molecule has 20 heavy (non-hydrogen) atoms. The molecule has 1 atom stereocenters. The number of hydrogen-bond acceptors (Lipinski definition) is 6. The van der Waals surface area contributed by atoms with Crippen LogP contribution in [0.5, 0.6) is 0 Å². The largest absolute Gasteiger partial charge is 0.363 e. The van der Waals surface area contributed by atoms with Crippen LogP contribution in [0.2, 0.25) is 0 Å². The van der Waals surface area contributed by atoms with Crippen molar-refractivity contribution in [2.45, 2.75) is 9.59 Å². The smallest absolute Gasteiger partial charge is 0.240 e. The maximum absolute atomic E-state index is 12.4. The summed E-state index contributed by atoms with van der Waals surface area (Å²) in [6.45, 7) is 0. The molecular weight excluding hydrogens is 292 g/mol. The number of likely N-dealkylation sites (N-methyl/N-ethyl adjacent to an activating group) is 1. The molecule has 0 spiro atoms. The van der Waals surface area contributed by atoms with E-state index in [9.17, 15) is 4.79 Å². The molecule has 0 unspecified atom stereocenters. The van der Waals surface area contributed by atoms with Crippen LogP contribution in [0.1, 0.15) is 10.8 Å². The summed E-state index contributed by atoms with van der Waals surface area (Å²) >= 11 is 2.87. The van der Waals surface area contributed by atoms with Gasteiger partial charge in [-0.3, -0.25) is 4.79 Å². The standard InChI is InChI=1S/C13H16N4OS2/c1-14-12-15-16-13(20-12)19-10(11(18)17(2)3)9-7-5-4-6-8-9/h4-8,10H,1-3H3,(H,14,15)/t10-/m0/s1. The summed E-state index contributed by atoms with van der Waals surface area (Å²) in [4.78, 5) is 14.0. The number of hydrogen-bond donors (Lipinski definition) is 1. The van der Waals surface area contributed by atoms with Crippen molar-refractivity contribution in [2.24, 2.45) is 0 Å². The van der Waals surface area contributed by atoms with Gasteiger partial charge in [-0.05, 0) is 5.56 Å². The maximum atomic E-state index is 12.4. The normalized spacial score (nSPS) is 11.9. The molecule has 0 aliphatic rings. The Morgan fingerprint density at radius 1 is 1.30 bits per heavy atom. The van der Waals surface area contributed by atoms with E-state index in [1.165, 1.54) is 23.1 Å². The molecule has 0 radical (unpaired) electrons. The van der Waals surface area contributed by atoms with E-state index in [-0.39, 0.29) is 11.2 Å². The molecule has 0 bridgehead atoms. The number of carbonyl (C=O) groups is 1. The minimum atomic E-state index is -0.302. The van der Waals surface area contributed by atoms with Gasteiger partial charge in [-0.25, -0.2) is 0 Å². The van der Waals surface area contributed by atoms with Gasteiger partial charge in [0.25, 0.3) is 0 Å². The maximum Gasteiger partial charge on any atom is 0.240 e. The van der Waals surface area contributed by atoms with Crippen LogP contribution in [-0.2, 0) is 4.79 Å². The Balaban J connectivity index is 2.25. The van der Waals surface area contributed by atoms with Gasteiger partial charge in [0.15, 0.2) is 4.34 Å². The molecule has 7 heteroatoms. The Labute approximate surface area is 126 Å². The fourth-order valence-corrected chi connectivity index (χ4v) is 3.63. The van der Waals surface area contributed by atoms with Gasteiger partial charge in [0.05, 0.1) is 0 Å². The van der Waals surface area contributed by atoms with Gasteiger partial charge >= 0.3 is 0 Å². The summed E-state index contributed by atoms with van der Waals surface area (Å²) in [5.41, 5.74) is 0.970. The van der Waals surface area contributed by atoms with Crippen molar-refractivity contribution in [3.8, 4) is 0 Å². The lowest BCUT2D eigenvalue weighted by molar-refractivity contribution is -0.128. The first kappa shape index (κ1) is 14.8. The number of nitrogens with one attached hydrogen (secondary N) is 1. The second kappa shape index (κ2) is 6.71. The van der Waals surface area contributed by atoms with E-state index in [4.69, 9.17) is 0 Å². The van der Waals surface area contributed by atoms with Gasteiger partial charge in [-0.1, -0.05) is 53.4 Å². The zero-order valence-electron chi connectivity index (χ0n) is 11.5. The Morgan fingerprint density at radius 3 is 2.55 bits per heavy atom. The molecule has 2 aromatic rings. The topological polar surface area (TPSA) is 58.1 Å². The number of amides is 1. The van der Waals surface area contributed by atoms with E-state index >= 15 is 0 Å². The predicted molar refractivity (Wildman–Crippen MR) is 83.2 cm³/mol. The lowest BCUT2D eigenvalue weighted by Gasteiger charge is -2.19. The molecule has 1 amide bonds. The molecule has 0 aliphatic heterocycles. The van der Waals surface area contributed by atoms with Crippen LogP contribution in [0.25, 0.3) is 0 Å². The first-order valence-electron chi connectivity index (χ1n) is 6.06. The van der Waals surface area contributed by atoms with Gasteiger partial charge < -0.3 is 10.2 Å². The van der Waals surface area contributed by atoms with Crippen molar-refractivity contribution < 1.29 is 4.79 Å². The highest BCUT2D eigenvalue weighted by Gasteiger charge is 2.25. The Hall–Kier alpha value is -1.60. The molecule has 0 aliphatic carbocycles. The number of aromatic nitrogens is 2. The average Bonchev–Trinajstić information content (AvgIpc) is 2.92. The third-order valence-electron chi connectivity index (χ3n) is 2.61.